The summed E-state index contributed by atoms with van der Waals surface area (Å²) >= 11 is 0. The molecule has 1 aliphatic rings. The Hall–Kier alpha value is -1.29. The Balaban J connectivity index is 2.22. The van der Waals surface area contributed by atoms with Gasteiger partial charge < -0.3 is 15.4 Å². The summed E-state index contributed by atoms with van der Waals surface area (Å²) in [6.07, 6.45) is 1.18. The molecule has 4 nitrogen and oxygen atoms in total. The van der Waals surface area contributed by atoms with Crippen molar-refractivity contribution in [3.63, 3.8) is 0 Å². The van der Waals surface area contributed by atoms with Gasteiger partial charge in [0, 0.05) is 25.2 Å². The average molecular weight is 221 g/mol. The number of anilines is 1. The molecule has 1 fully saturated rings. The largest absolute Gasteiger partial charge is 0.481 e. The van der Waals surface area contributed by atoms with Gasteiger partial charge in [-0.1, -0.05) is 13.0 Å². The number of nitrogens with zero attached hydrogens (tertiary/aromatic N) is 2. The topological polar surface area (TPSA) is 51.4 Å². The molecule has 1 aromatic heterocycles. The van der Waals surface area contributed by atoms with Crippen molar-refractivity contribution < 1.29 is 4.74 Å². The summed E-state index contributed by atoms with van der Waals surface area (Å²) < 4.78 is 5.14. The van der Waals surface area contributed by atoms with Crippen LogP contribution in [0.15, 0.2) is 18.2 Å². The molecule has 2 rings (SSSR count). The lowest BCUT2D eigenvalue weighted by atomic mass is 10.0. The number of hydrogen-bond donors (Lipinski definition) is 1. The van der Waals surface area contributed by atoms with Gasteiger partial charge in [-0.15, -0.1) is 0 Å². The Morgan fingerprint density at radius 3 is 3.06 bits per heavy atom. The molecule has 2 atom stereocenters. The number of rotatable bonds is 3. The van der Waals surface area contributed by atoms with Crippen molar-refractivity contribution >= 4 is 5.82 Å². The van der Waals surface area contributed by atoms with Crippen LogP contribution in [0.25, 0.3) is 0 Å². The molecule has 0 aliphatic carbocycles. The predicted octanol–water partition coefficient (Wildman–Crippen LogP) is 1.26. The molecule has 88 valence electrons. The molecule has 4 heteroatoms. The predicted molar refractivity (Wildman–Crippen MR) is 64.8 cm³/mol. The van der Waals surface area contributed by atoms with Gasteiger partial charge in [0.05, 0.1) is 7.11 Å². The fourth-order valence-corrected chi connectivity index (χ4v) is 2.33. The molecule has 2 N–H and O–H groups in total. The molecule has 1 saturated heterocycles. The van der Waals surface area contributed by atoms with Crippen LogP contribution in [-0.4, -0.2) is 31.2 Å². The van der Waals surface area contributed by atoms with E-state index in [1.165, 1.54) is 6.42 Å². The Bertz CT molecular complexity index is 356. The SMILES string of the molecule is COc1cccc(N2CCC(C)C2CN)n1. The second-order valence-electron chi connectivity index (χ2n) is 4.30. The fraction of sp³-hybridized carbons (Fsp3) is 0.583. The molecule has 16 heavy (non-hydrogen) atoms. The monoisotopic (exact) mass is 221 g/mol. The van der Waals surface area contributed by atoms with E-state index in [0.29, 0.717) is 24.4 Å². The smallest absolute Gasteiger partial charge is 0.214 e. The van der Waals surface area contributed by atoms with E-state index in [9.17, 15) is 0 Å². The summed E-state index contributed by atoms with van der Waals surface area (Å²) in [5, 5.41) is 0. The molecule has 1 aliphatic heterocycles. The zero-order chi connectivity index (χ0) is 11.5. The first-order valence-electron chi connectivity index (χ1n) is 5.74. The third-order valence-corrected chi connectivity index (χ3v) is 3.34. The minimum atomic E-state index is 0.402. The van der Waals surface area contributed by atoms with Crippen LogP contribution >= 0.6 is 0 Å². The molecule has 1 aromatic rings. The lowest BCUT2D eigenvalue weighted by Gasteiger charge is -2.26. The average Bonchev–Trinajstić information content (AvgIpc) is 2.70. The van der Waals surface area contributed by atoms with Crippen molar-refractivity contribution in [1.82, 2.24) is 4.98 Å². The summed E-state index contributed by atoms with van der Waals surface area (Å²) in [7, 11) is 1.64. The van der Waals surface area contributed by atoms with Crippen LogP contribution in [0.1, 0.15) is 13.3 Å². The van der Waals surface area contributed by atoms with Crippen LogP contribution < -0.4 is 15.4 Å². The third kappa shape index (κ3) is 1.97. The molecule has 0 bridgehead atoms. The van der Waals surface area contributed by atoms with Crippen LogP contribution in [0, 0.1) is 5.92 Å². The first-order chi connectivity index (χ1) is 7.76. The van der Waals surface area contributed by atoms with Crippen LogP contribution in [-0.2, 0) is 0 Å². The fourth-order valence-electron chi connectivity index (χ4n) is 2.33. The first-order valence-corrected chi connectivity index (χ1v) is 5.74. The van der Waals surface area contributed by atoms with Crippen molar-refractivity contribution in [3.05, 3.63) is 18.2 Å². The Morgan fingerprint density at radius 1 is 1.56 bits per heavy atom. The summed E-state index contributed by atoms with van der Waals surface area (Å²) in [6.45, 7) is 3.96. The molecule has 2 heterocycles. The second-order valence-corrected chi connectivity index (χ2v) is 4.30. The third-order valence-electron chi connectivity index (χ3n) is 3.34. The van der Waals surface area contributed by atoms with Crippen molar-refractivity contribution in [2.45, 2.75) is 19.4 Å². The van der Waals surface area contributed by atoms with E-state index in [1.807, 2.05) is 18.2 Å². The maximum absolute atomic E-state index is 5.82. The lowest BCUT2D eigenvalue weighted by Crippen LogP contribution is -2.38. The van der Waals surface area contributed by atoms with Crippen molar-refractivity contribution in [1.29, 1.82) is 0 Å². The van der Waals surface area contributed by atoms with E-state index in [2.05, 4.69) is 16.8 Å². The molecule has 0 amide bonds. The molecule has 0 spiro atoms. The maximum atomic E-state index is 5.82. The molecule has 0 aromatic carbocycles. The second kappa shape index (κ2) is 4.70. The van der Waals surface area contributed by atoms with Gasteiger partial charge in [0.25, 0.3) is 0 Å². The van der Waals surface area contributed by atoms with Gasteiger partial charge in [-0.2, -0.15) is 4.98 Å². The van der Waals surface area contributed by atoms with Crippen LogP contribution in [0.5, 0.6) is 5.88 Å². The standard InChI is InChI=1S/C12H19N3O/c1-9-6-7-15(10(9)8-13)11-4-3-5-12(14-11)16-2/h3-5,9-10H,6-8,13H2,1-2H3. The van der Waals surface area contributed by atoms with Crippen molar-refractivity contribution in [2.24, 2.45) is 11.7 Å². The Labute approximate surface area is 96.4 Å². The highest BCUT2D eigenvalue weighted by Gasteiger charge is 2.30. The lowest BCUT2D eigenvalue weighted by molar-refractivity contribution is 0.397. The van der Waals surface area contributed by atoms with Crippen molar-refractivity contribution in [2.75, 3.05) is 25.1 Å². The van der Waals surface area contributed by atoms with E-state index in [1.54, 1.807) is 7.11 Å². The molecule has 2 unspecified atom stereocenters. The zero-order valence-corrected chi connectivity index (χ0v) is 9.89. The highest BCUT2D eigenvalue weighted by molar-refractivity contribution is 5.43. The summed E-state index contributed by atoms with van der Waals surface area (Å²) in [4.78, 5) is 6.74. The van der Waals surface area contributed by atoms with Gasteiger partial charge in [0.15, 0.2) is 0 Å². The molecular weight excluding hydrogens is 202 g/mol. The highest BCUT2D eigenvalue weighted by atomic mass is 16.5. The van der Waals surface area contributed by atoms with Gasteiger partial charge in [-0.25, -0.2) is 0 Å². The van der Waals surface area contributed by atoms with Gasteiger partial charge in [-0.3, -0.25) is 0 Å². The highest BCUT2D eigenvalue weighted by Crippen LogP contribution is 2.28. The minimum absolute atomic E-state index is 0.402. The maximum Gasteiger partial charge on any atom is 0.214 e. The van der Waals surface area contributed by atoms with Crippen LogP contribution in [0.4, 0.5) is 5.82 Å². The van der Waals surface area contributed by atoms with Gasteiger partial charge in [0.1, 0.15) is 5.82 Å². The minimum Gasteiger partial charge on any atom is -0.481 e. The number of pyridine rings is 1. The summed E-state index contributed by atoms with van der Waals surface area (Å²) in [6, 6.07) is 6.25. The van der Waals surface area contributed by atoms with E-state index >= 15 is 0 Å². The van der Waals surface area contributed by atoms with Gasteiger partial charge in [-0.05, 0) is 18.4 Å². The summed E-state index contributed by atoms with van der Waals surface area (Å²) in [5.41, 5.74) is 5.82. The van der Waals surface area contributed by atoms with E-state index < -0.39 is 0 Å². The number of ether oxygens (including phenoxy) is 1. The number of methoxy groups -OCH3 is 1. The molecule has 0 saturated carbocycles. The van der Waals surface area contributed by atoms with Crippen molar-refractivity contribution in [3.8, 4) is 5.88 Å². The number of nitrogens with two attached hydrogens (primary N) is 1. The quantitative estimate of drug-likeness (QED) is 0.835. The molecular formula is C12H19N3O. The number of aromatic nitrogens is 1. The van der Waals surface area contributed by atoms with Gasteiger partial charge in [0.2, 0.25) is 5.88 Å². The normalized spacial score (nSPS) is 24.8. The number of hydrogen-bond acceptors (Lipinski definition) is 4. The van der Waals surface area contributed by atoms with Crippen LogP contribution in [0.3, 0.4) is 0 Å². The van der Waals surface area contributed by atoms with E-state index in [-0.39, 0.29) is 0 Å². The Kier molecular flexibility index (Phi) is 3.29. The Morgan fingerprint density at radius 2 is 2.38 bits per heavy atom. The van der Waals surface area contributed by atoms with E-state index in [0.717, 1.165) is 12.4 Å². The first kappa shape index (κ1) is 11.2. The zero-order valence-electron chi connectivity index (χ0n) is 9.89. The summed E-state index contributed by atoms with van der Waals surface area (Å²) in [5.74, 6) is 2.27. The van der Waals surface area contributed by atoms with Gasteiger partial charge >= 0.3 is 0 Å². The molecule has 0 radical (unpaired) electrons. The van der Waals surface area contributed by atoms with Crippen LogP contribution in [0.2, 0.25) is 0 Å². The van der Waals surface area contributed by atoms with E-state index in [4.69, 9.17) is 10.5 Å².